The predicted molar refractivity (Wildman–Crippen MR) is 65.3 cm³/mol. The van der Waals surface area contributed by atoms with Gasteiger partial charge in [0.1, 0.15) is 0 Å². The van der Waals surface area contributed by atoms with Crippen LogP contribution in [0.25, 0.3) is 4.98 Å². The van der Waals surface area contributed by atoms with Crippen LogP contribution in [0.15, 0.2) is 42.0 Å². The van der Waals surface area contributed by atoms with E-state index in [2.05, 4.69) is 9.71 Å². The van der Waals surface area contributed by atoms with Crippen LogP contribution < -0.4 is 0 Å². The number of imide groups is 1. The molecule has 0 saturated carbocycles. The van der Waals surface area contributed by atoms with Crippen LogP contribution in [0, 0.1) is 5.39 Å². The van der Waals surface area contributed by atoms with Gasteiger partial charge in [-0.2, -0.15) is 0 Å². The summed E-state index contributed by atoms with van der Waals surface area (Å²) >= 11 is 0. The van der Waals surface area contributed by atoms with Crippen molar-refractivity contribution >= 4 is 11.8 Å². The Balaban J connectivity index is 3.02. The normalized spacial score (nSPS) is 11.0. The van der Waals surface area contributed by atoms with Crippen molar-refractivity contribution in [1.82, 2.24) is 4.90 Å². The van der Waals surface area contributed by atoms with Crippen molar-refractivity contribution in [2.24, 2.45) is 0 Å². The molecule has 98 valence electrons. The standard InChI is InChI=1S/C12H11N3O4/c1-15(10(16)8-6-4-3-5-7-8)11(17)9(14-13)12(18)19-2/h3-7H,1-2H3/p+1. The lowest BCUT2D eigenvalue weighted by Crippen LogP contribution is -2.34. The lowest BCUT2D eigenvalue weighted by atomic mass is 10.2. The average molecular weight is 262 g/mol. The van der Waals surface area contributed by atoms with Gasteiger partial charge in [-0.15, -0.1) is 0 Å². The minimum Gasteiger partial charge on any atom is -0.475 e. The van der Waals surface area contributed by atoms with Gasteiger partial charge in [-0.1, -0.05) is 18.2 Å². The van der Waals surface area contributed by atoms with Gasteiger partial charge in [-0.3, -0.25) is 14.5 Å². The zero-order chi connectivity index (χ0) is 14.4. The summed E-state index contributed by atoms with van der Waals surface area (Å²) in [4.78, 5) is 27.1. The summed E-state index contributed by atoms with van der Waals surface area (Å²) in [6, 6.07) is 8.07. The molecule has 1 rings (SSSR count). The number of hydrogen-bond donors (Lipinski definition) is 1. The first-order chi connectivity index (χ1) is 9.02. The maximum atomic E-state index is 12.0. The van der Waals surface area contributed by atoms with Crippen molar-refractivity contribution in [3.8, 4) is 0 Å². The van der Waals surface area contributed by atoms with Crippen molar-refractivity contribution in [1.29, 1.82) is 5.39 Å². The third-order valence-electron chi connectivity index (χ3n) is 2.33. The van der Waals surface area contributed by atoms with Crippen molar-refractivity contribution in [2.75, 3.05) is 14.2 Å². The van der Waals surface area contributed by atoms with Crippen LogP contribution in [0.4, 0.5) is 0 Å². The van der Waals surface area contributed by atoms with Crippen LogP contribution >= 0.6 is 0 Å². The number of aliphatic hydroxyl groups is 1. The van der Waals surface area contributed by atoms with E-state index in [4.69, 9.17) is 5.39 Å². The Hall–Kier alpha value is -2.88. The number of rotatable bonds is 3. The molecule has 0 bridgehead atoms. The zero-order valence-corrected chi connectivity index (χ0v) is 10.4. The molecule has 0 fully saturated rings. The Bertz CT molecular complexity index is 560. The largest absolute Gasteiger partial charge is 0.527 e. The highest BCUT2D eigenvalue weighted by atomic mass is 16.6. The fourth-order valence-corrected chi connectivity index (χ4v) is 1.30. The molecule has 1 N–H and O–H groups in total. The number of benzene rings is 1. The number of likely N-dealkylation sites (N-methyl/N-ethyl adjacent to an activating group) is 1. The fraction of sp³-hybridized carbons (Fsp3) is 0.167. The van der Waals surface area contributed by atoms with Crippen molar-refractivity contribution in [2.45, 2.75) is 0 Å². The SMILES string of the molecule is CO/C(O)=C(\[N+]#N)C(=O)N(C)C(=O)c1ccccc1. The molecule has 0 heterocycles. The smallest absolute Gasteiger partial charge is 0.475 e. The summed E-state index contributed by atoms with van der Waals surface area (Å²) in [5.74, 6) is -2.47. The van der Waals surface area contributed by atoms with Crippen LogP contribution in [0.1, 0.15) is 10.4 Å². The fourth-order valence-electron chi connectivity index (χ4n) is 1.30. The summed E-state index contributed by atoms with van der Waals surface area (Å²) < 4.78 is 4.38. The number of amides is 2. The minimum atomic E-state index is -0.990. The lowest BCUT2D eigenvalue weighted by Gasteiger charge is -2.11. The monoisotopic (exact) mass is 262 g/mol. The summed E-state index contributed by atoms with van der Waals surface area (Å²) in [5, 5.41) is 17.9. The van der Waals surface area contributed by atoms with E-state index >= 15 is 0 Å². The van der Waals surface area contributed by atoms with Crippen LogP contribution in [0.2, 0.25) is 0 Å². The predicted octanol–water partition coefficient (Wildman–Crippen LogP) is 1.51. The maximum Gasteiger partial charge on any atom is 0.527 e. The quantitative estimate of drug-likeness (QED) is 0.506. The van der Waals surface area contributed by atoms with Crippen molar-refractivity contribution in [3.63, 3.8) is 0 Å². The van der Waals surface area contributed by atoms with E-state index in [1.807, 2.05) is 0 Å². The summed E-state index contributed by atoms with van der Waals surface area (Å²) in [7, 11) is 2.29. The van der Waals surface area contributed by atoms with Crippen molar-refractivity contribution < 1.29 is 19.4 Å². The molecule has 0 atom stereocenters. The van der Waals surface area contributed by atoms with Gasteiger partial charge < -0.3 is 9.84 Å². The Morgan fingerprint density at radius 3 is 2.37 bits per heavy atom. The lowest BCUT2D eigenvalue weighted by molar-refractivity contribution is -0.123. The second-order valence-electron chi connectivity index (χ2n) is 3.49. The molecule has 1 aromatic carbocycles. The second kappa shape index (κ2) is 6.16. The number of carbonyl (C=O) groups is 2. The molecule has 0 aliphatic heterocycles. The number of carbonyl (C=O) groups excluding carboxylic acids is 2. The van der Waals surface area contributed by atoms with Gasteiger partial charge in [0, 0.05) is 12.6 Å². The van der Waals surface area contributed by atoms with E-state index in [0.29, 0.717) is 4.90 Å². The molecule has 7 heteroatoms. The first-order valence-corrected chi connectivity index (χ1v) is 5.22. The van der Waals surface area contributed by atoms with Crippen molar-refractivity contribution in [3.05, 3.63) is 52.5 Å². The maximum absolute atomic E-state index is 12.0. The van der Waals surface area contributed by atoms with Gasteiger partial charge in [0.2, 0.25) is 5.39 Å². The highest BCUT2D eigenvalue weighted by Gasteiger charge is 2.36. The number of hydrogen-bond acceptors (Lipinski definition) is 5. The third kappa shape index (κ3) is 3.07. The number of diazo groups is 1. The first-order valence-electron chi connectivity index (χ1n) is 5.22. The van der Waals surface area contributed by atoms with E-state index in [1.165, 1.54) is 19.2 Å². The van der Waals surface area contributed by atoms with Crippen LogP contribution in [-0.2, 0) is 9.53 Å². The molecule has 0 unspecified atom stereocenters. The van der Waals surface area contributed by atoms with Gasteiger partial charge in [0.05, 0.1) is 7.11 Å². The van der Waals surface area contributed by atoms with Gasteiger partial charge in [0.25, 0.3) is 5.91 Å². The Kier molecular flexibility index (Phi) is 4.60. The van der Waals surface area contributed by atoms with E-state index in [1.54, 1.807) is 18.2 Å². The van der Waals surface area contributed by atoms with Gasteiger partial charge in [0.15, 0.2) is 4.98 Å². The second-order valence-corrected chi connectivity index (χ2v) is 3.49. The van der Waals surface area contributed by atoms with Crippen LogP contribution in [-0.4, -0.2) is 36.0 Å². The molecule has 7 nitrogen and oxygen atoms in total. The molecule has 19 heavy (non-hydrogen) atoms. The minimum absolute atomic E-state index is 0.285. The highest BCUT2D eigenvalue weighted by Crippen LogP contribution is 2.11. The van der Waals surface area contributed by atoms with Gasteiger partial charge >= 0.3 is 17.5 Å². The molecule has 0 aromatic heterocycles. The van der Waals surface area contributed by atoms with Gasteiger partial charge in [-0.05, 0) is 12.1 Å². The third-order valence-corrected chi connectivity index (χ3v) is 2.33. The Morgan fingerprint density at radius 1 is 1.32 bits per heavy atom. The molecular formula is C12H12N3O4+. The molecule has 1 aromatic rings. The van der Waals surface area contributed by atoms with Gasteiger partial charge in [-0.25, -0.2) is 0 Å². The molecule has 2 amide bonds. The molecular weight excluding hydrogens is 250 g/mol. The van der Waals surface area contributed by atoms with E-state index in [-0.39, 0.29) is 5.56 Å². The average Bonchev–Trinajstić information content (AvgIpc) is 2.46. The zero-order valence-electron chi connectivity index (χ0n) is 10.4. The number of methoxy groups -OCH3 is 1. The molecule has 0 radical (unpaired) electrons. The molecule has 0 aliphatic rings. The Morgan fingerprint density at radius 2 is 1.89 bits per heavy atom. The van der Waals surface area contributed by atoms with Crippen LogP contribution in [0.5, 0.6) is 0 Å². The number of nitrogens with zero attached hydrogens (tertiary/aromatic N) is 3. The van der Waals surface area contributed by atoms with E-state index in [9.17, 15) is 14.7 Å². The number of aliphatic hydroxyl groups excluding tert-OH is 1. The Labute approximate surface area is 109 Å². The van der Waals surface area contributed by atoms with E-state index < -0.39 is 23.5 Å². The number of ether oxygens (including phenoxy) is 1. The molecule has 0 aliphatic carbocycles. The summed E-state index contributed by atoms with van der Waals surface area (Å²) in [6.07, 6.45) is 0. The topological polar surface area (TPSA) is 95.0 Å². The van der Waals surface area contributed by atoms with Crippen LogP contribution in [0.3, 0.4) is 0 Å². The molecule has 0 saturated heterocycles. The summed E-state index contributed by atoms with van der Waals surface area (Å²) in [6.45, 7) is 0. The first kappa shape index (κ1) is 14.2. The summed E-state index contributed by atoms with van der Waals surface area (Å²) in [5.41, 5.74) is -0.471. The molecule has 0 spiro atoms. The van der Waals surface area contributed by atoms with E-state index in [0.717, 1.165) is 7.11 Å². The highest BCUT2D eigenvalue weighted by molar-refractivity contribution is 6.10.